The Labute approximate surface area is 176 Å². The number of esters is 1. The highest BCUT2D eigenvalue weighted by Gasteiger charge is 2.23. The molecule has 31 heavy (non-hydrogen) atoms. The smallest absolute Gasteiger partial charge is 0.360 e. The van der Waals surface area contributed by atoms with Crippen LogP contribution in [0.25, 0.3) is 39.3 Å². The van der Waals surface area contributed by atoms with Gasteiger partial charge in [0.15, 0.2) is 0 Å². The summed E-state index contributed by atoms with van der Waals surface area (Å²) in [5.41, 5.74) is 11.0. The summed E-state index contributed by atoms with van der Waals surface area (Å²) in [6.07, 6.45) is 6.45. The summed E-state index contributed by atoms with van der Waals surface area (Å²) >= 11 is 0. The highest BCUT2D eigenvalue weighted by atomic mass is 16.5. The number of carbonyl (C=O) groups excluding carboxylic acids is 1. The van der Waals surface area contributed by atoms with Crippen molar-refractivity contribution in [2.24, 2.45) is 0 Å². The van der Waals surface area contributed by atoms with Crippen LogP contribution < -0.4 is 5.73 Å². The van der Waals surface area contributed by atoms with Crippen LogP contribution in [-0.2, 0) is 4.74 Å². The lowest BCUT2D eigenvalue weighted by atomic mass is 10.0. The van der Waals surface area contributed by atoms with E-state index in [2.05, 4.69) is 15.1 Å². The molecule has 0 saturated carbocycles. The SMILES string of the molecule is COC(=O)c1nocc1-c1cn2c(N)nc(-c3ccccc3)c(-c3ccncc3)c2n1. The second-order valence-corrected chi connectivity index (χ2v) is 6.68. The van der Waals surface area contributed by atoms with E-state index in [1.807, 2.05) is 42.5 Å². The van der Waals surface area contributed by atoms with E-state index in [0.717, 1.165) is 16.7 Å². The summed E-state index contributed by atoms with van der Waals surface area (Å²) in [5.74, 6) is -0.368. The summed E-state index contributed by atoms with van der Waals surface area (Å²) in [7, 11) is 1.28. The molecule has 0 spiro atoms. The lowest BCUT2D eigenvalue weighted by Crippen LogP contribution is -2.04. The first-order valence-electron chi connectivity index (χ1n) is 9.35. The number of pyridine rings is 1. The van der Waals surface area contributed by atoms with Gasteiger partial charge in [-0.2, -0.15) is 0 Å². The van der Waals surface area contributed by atoms with Crippen molar-refractivity contribution in [3.8, 4) is 33.6 Å². The van der Waals surface area contributed by atoms with Gasteiger partial charge in [-0.05, 0) is 17.7 Å². The van der Waals surface area contributed by atoms with Crippen LogP contribution in [0.2, 0.25) is 0 Å². The first-order chi connectivity index (χ1) is 15.2. The summed E-state index contributed by atoms with van der Waals surface area (Å²) in [6.45, 7) is 0. The maximum atomic E-state index is 12.1. The molecule has 0 bridgehead atoms. The zero-order chi connectivity index (χ0) is 21.4. The molecule has 0 unspecified atom stereocenters. The van der Waals surface area contributed by atoms with E-state index >= 15 is 0 Å². The Morgan fingerprint density at radius 3 is 2.58 bits per heavy atom. The van der Waals surface area contributed by atoms with Gasteiger partial charge in [-0.25, -0.2) is 14.8 Å². The van der Waals surface area contributed by atoms with Crippen LogP contribution in [0, 0.1) is 0 Å². The zero-order valence-corrected chi connectivity index (χ0v) is 16.4. The fourth-order valence-electron chi connectivity index (χ4n) is 3.44. The van der Waals surface area contributed by atoms with Crippen molar-refractivity contribution in [3.63, 3.8) is 0 Å². The molecule has 9 heteroatoms. The molecule has 5 aromatic rings. The monoisotopic (exact) mass is 412 g/mol. The van der Waals surface area contributed by atoms with E-state index in [0.29, 0.717) is 22.6 Å². The van der Waals surface area contributed by atoms with Gasteiger partial charge in [-0.3, -0.25) is 9.38 Å². The predicted octanol–water partition coefficient (Wildman–Crippen LogP) is 3.48. The summed E-state index contributed by atoms with van der Waals surface area (Å²) in [6, 6.07) is 13.5. The van der Waals surface area contributed by atoms with Crippen molar-refractivity contribution in [2.45, 2.75) is 0 Å². The van der Waals surface area contributed by atoms with E-state index in [4.69, 9.17) is 20.0 Å². The molecule has 1 aromatic carbocycles. The molecule has 9 nitrogen and oxygen atoms in total. The molecule has 0 radical (unpaired) electrons. The minimum atomic E-state index is -0.619. The van der Waals surface area contributed by atoms with E-state index in [1.165, 1.54) is 13.4 Å². The molecule has 0 aliphatic carbocycles. The molecule has 0 aliphatic rings. The van der Waals surface area contributed by atoms with Crippen LogP contribution >= 0.6 is 0 Å². The van der Waals surface area contributed by atoms with Gasteiger partial charge >= 0.3 is 5.97 Å². The van der Waals surface area contributed by atoms with Gasteiger partial charge in [0, 0.05) is 24.2 Å². The zero-order valence-electron chi connectivity index (χ0n) is 16.4. The highest BCUT2D eigenvalue weighted by molar-refractivity contribution is 5.96. The molecule has 0 saturated heterocycles. The second kappa shape index (κ2) is 7.38. The number of methoxy groups -OCH3 is 1. The molecular weight excluding hydrogens is 396 g/mol. The average Bonchev–Trinajstić information content (AvgIpc) is 3.47. The maximum absolute atomic E-state index is 12.1. The molecule has 4 heterocycles. The number of nitrogen functional groups attached to an aromatic ring is 1. The molecular formula is C22H16N6O3. The van der Waals surface area contributed by atoms with E-state index in [9.17, 15) is 4.79 Å². The molecule has 0 aliphatic heterocycles. The predicted molar refractivity (Wildman–Crippen MR) is 113 cm³/mol. The number of anilines is 1. The van der Waals surface area contributed by atoms with Gasteiger partial charge in [0.05, 0.1) is 29.6 Å². The second-order valence-electron chi connectivity index (χ2n) is 6.68. The number of aromatic nitrogens is 5. The standard InChI is InChI=1S/C22H16N6O3/c1-30-21(29)19-15(12-31-27-19)16-11-28-20(25-16)17(13-7-9-24-10-8-13)18(26-22(28)23)14-5-3-2-4-6-14/h2-12H,1H3,(H2,23,26). The minimum absolute atomic E-state index is 0.0335. The fraction of sp³-hybridized carbons (Fsp3) is 0.0455. The van der Waals surface area contributed by atoms with E-state index in [1.54, 1.807) is 23.0 Å². The number of imidazole rings is 1. The van der Waals surface area contributed by atoms with Crippen LogP contribution in [0.1, 0.15) is 10.5 Å². The lowest BCUT2D eigenvalue weighted by molar-refractivity contribution is 0.0590. The number of benzene rings is 1. The Morgan fingerprint density at radius 1 is 1.06 bits per heavy atom. The molecule has 2 N–H and O–H groups in total. The molecule has 5 rings (SSSR count). The van der Waals surface area contributed by atoms with Crippen molar-refractivity contribution in [3.05, 3.63) is 73.0 Å². The molecule has 0 amide bonds. The van der Waals surface area contributed by atoms with Crippen molar-refractivity contribution in [1.82, 2.24) is 24.5 Å². The maximum Gasteiger partial charge on any atom is 0.360 e. The summed E-state index contributed by atoms with van der Waals surface area (Å²) < 4.78 is 11.5. The number of hydrogen-bond donors (Lipinski definition) is 1. The molecule has 0 atom stereocenters. The van der Waals surface area contributed by atoms with Crippen molar-refractivity contribution >= 4 is 17.6 Å². The number of carbonyl (C=O) groups is 1. The third kappa shape index (κ3) is 3.08. The summed E-state index contributed by atoms with van der Waals surface area (Å²) in [5, 5.41) is 3.75. The topological polar surface area (TPSA) is 121 Å². The van der Waals surface area contributed by atoms with Gasteiger partial charge in [0.1, 0.15) is 11.9 Å². The van der Waals surface area contributed by atoms with Gasteiger partial charge < -0.3 is 15.0 Å². The Kier molecular flexibility index (Phi) is 4.40. The quantitative estimate of drug-likeness (QED) is 0.445. The van der Waals surface area contributed by atoms with Crippen molar-refractivity contribution < 1.29 is 14.1 Å². The number of hydrogen-bond acceptors (Lipinski definition) is 8. The largest absolute Gasteiger partial charge is 0.464 e. The molecule has 0 fully saturated rings. The Hall–Kier alpha value is -4.53. The number of nitrogens with zero attached hydrogens (tertiary/aromatic N) is 5. The highest BCUT2D eigenvalue weighted by Crippen LogP contribution is 2.36. The average molecular weight is 412 g/mol. The van der Waals surface area contributed by atoms with E-state index in [-0.39, 0.29) is 11.6 Å². The van der Waals surface area contributed by atoms with Gasteiger partial charge in [-0.1, -0.05) is 35.5 Å². The normalized spacial score (nSPS) is 11.0. The Bertz CT molecular complexity index is 1390. The van der Waals surface area contributed by atoms with Crippen LogP contribution in [0.5, 0.6) is 0 Å². The Balaban J connectivity index is 1.82. The minimum Gasteiger partial charge on any atom is -0.464 e. The molecule has 152 valence electrons. The van der Waals surface area contributed by atoms with Crippen LogP contribution in [0.15, 0.2) is 71.8 Å². The first-order valence-corrected chi connectivity index (χ1v) is 9.35. The third-order valence-corrected chi connectivity index (χ3v) is 4.88. The number of ether oxygens (including phenoxy) is 1. The lowest BCUT2D eigenvalue weighted by Gasteiger charge is -2.12. The van der Waals surface area contributed by atoms with Gasteiger partial charge in [0.25, 0.3) is 0 Å². The van der Waals surface area contributed by atoms with Crippen molar-refractivity contribution in [1.29, 1.82) is 0 Å². The number of fused-ring (bicyclic) bond motifs is 1. The first kappa shape index (κ1) is 18.5. The third-order valence-electron chi connectivity index (χ3n) is 4.88. The number of rotatable bonds is 4. The van der Waals surface area contributed by atoms with Crippen molar-refractivity contribution in [2.75, 3.05) is 12.8 Å². The Morgan fingerprint density at radius 2 is 1.84 bits per heavy atom. The number of nitrogens with two attached hydrogens (primary N) is 1. The van der Waals surface area contributed by atoms with E-state index < -0.39 is 5.97 Å². The van der Waals surface area contributed by atoms with Gasteiger partial charge in [0.2, 0.25) is 11.6 Å². The van der Waals surface area contributed by atoms with Gasteiger partial charge in [-0.15, -0.1) is 0 Å². The fourth-order valence-corrected chi connectivity index (χ4v) is 3.44. The van der Waals surface area contributed by atoms with Crippen LogP contribution in [0.4, 0.5) is 5.95 Å². The van der Waals surface area contributed by atoms with Crippen LogP contribution in [0.3, 0.4) is 0 Å². The van der Waals surface area contributed by atoms with Crippen LogP contribution in [-0.4, -0.2) is 37.6 Å². The molecule has 4 aromatic heterocycles. The summed E-state index contributed by atoms with van der Waals surface area (Å²) in [4.78, 5) is 25.6.